The largest absolute Gasteiger partial charge is 0.494 e. The van der Waals surface area contributed by atoms with Gasteiger partial charge in [-0.05, 0) is 19.4 Å². The molecule has 94 valence electrons. The molecule has 1 N–H and O–H groups in total. The molecule has 1 aromatic heterocycles. The fourth-order valence-corrected chi connectivity index (χ4v) is 3.32. The molecule has 2 saturated heterocycles. The van der Waals surface area contributed by atoms with Crippen LogP contribution in [0.25, 0.3) is 0 Å². The number of hydrogen-bond donors (Lipinski definition) is 1. The van der Waals surface area contributed by atoms with E-state index in [9.17, 15) is 9.90 Å². The van der Waals surface area contributed by atoms with Crippen molar-refractivity contribution >= 4 is 11.3 Å². The van der Waals surface area contributed by atoms with Crippen molar-refractivity contribution in [3.8, 4) is 5.88 Å². The molecule has 2 atom stereocenters. The van der Waals surface area contributed by atoms with E-state index in [2.05, 4.69) is 4.90 Å². The second-order valence-corrected chi connectivity index (χ2v) is 5.54. The number of ether oxygens (including phenoxy) is 1. The van der Waals surface area contributed by atoms with Gasteiger partial charge in [-0.3, -0.25) is 14.3 Å². The minimum atomic E-state index is -0.116. The molecule has 2 aliphatic heterocycles. The van der Waals surface area contributed by atoms with Crippen LogP contribution in [0.4, 0.5) is 0 Å². The first-order chi connectivity index (χ1) is 8.24. The van der Waals surface area contributed by atoms with E-state index >= 15 is 0 Å². The summed E-state index contributed by atoms with van der Waals surface area (Å²) in [5.74, 6) is 0.0483. The minimum absolute atomic E-state index is 0.0162. The first-order valence-electron chi connectivity index (χ1n) is 5.97. The second-order valence-electron chi connectivity index (χ2n) is 4.72. The Morgan fingerprint density at radius 3 is 3.24 bits per heavy atom. The third-order valence-electron chi connectivity index (χ3n) is 3.61. The molecule has 0 radical (unpaired) electrons. The van der Waals surface area contributed by atoms with Crippen LogP contribution in [0.5, 0.6) is 5.88 Å². The first kappa shape index (κ1) is 11.3. The van der Waals surface area contributed by atoms with Crippen molar-refractivity contribution < 1.29 is 9.84 Å². The lowest BCUT2D eigenvalue weighted by atomic mass is 10.2. The molecule has 17 heavy (non-hydrogen) atoms. The molecule has 2 aliphatic rings. The molecule has 0 spiro atoms. The zero-order valence-electron chi connectivity index (χ0n) is 9.54. The van der Waals surface area contributed by atoms with Crippen molar-refractivity contribution in [3.63, 3.8) is 0 Å². The van der Waals surface area contributed by atoms with Crippen molar-refractivity contribution in [2.75, 3.05) is 19.7 Å². The summed E-state index contributed by atoms with van der Waals surface area (Å²) in [6, 6.07) is 0.569. The SMILES string of the molecule is O=c1scc(O)n1C[C@H]1CN2CCC[C@H]2CO1. The molecular formula is C11H16N2O3S. The number of rotatable bonds is 2. The molecule has 0 aliphatic carbocycles. The van der Waals surface area contributed by atoms with Crippen LogP contribution in [0.15, 0.2) is 10.2 Å². The van der Waals surface area contributed by atoms with Crippen LogP contribution in [0.3, 0.4) is 0 Å². The summed E-state index contributed by atoms with van der Waals surface area (Å²) >= 11 is 1.03. The Morgan fingerprint density at radius 2 is 2.47 bits per heavy atom. The van der Waals surface area contributed by atoms with Crippen molar-refractivity contribution in [2.24, 2.45) is 0 Å². The lowest BCUT2D eigenvalue weighted by Crippen LogP contribution is -2.47. The summed E-state index contributed by atoms with van der Waals surface area (Å²) < 4.78 is 7.16. The molecule has 5 nitrogen and oxygen atoms in total. The Hall–Kier alpha value is -0.850. The molecule has 6 heteroatoms. The van der Waals surface area contributed by atoms with Crippen LogP contribution < -0.4 is 4.87 Å². The van der Waals surface area contributed by atoms with E-state index in [0.29, 0.717) is 12.6 Å². The van der Waals surface area contributed by atoms with E-state index < -0.39 is 0 Å². The smallest absolute Gasteiger partial charge is 0.310 e. The highest BCUT2D eigenvalue weighted by Gasteiger charge is 2.32. The second kappa shape index (κ2) is 4.44. The standard InChI is InChI=1S/C11H16N2O3S/c14-10-7-17-11(15)13(10)5-9-4-12-3-1-2-8(12)6-16-9/h7-9,14H,1-6H2/t8-,9+/m0/s1. The van der Waals surface area contributed by atoms with E-state index in [1.165, 1.54) is 22.8 Å². The molecule has 3 heterocycles. The predicted molar refractivity (Wildman–Crippen MR) is 64.6 cm³/mol. The lowest BCUT2D eigenvalue weighted by Gasteiger charge is -2.35. The summed E-state index contributed by atoms with van der Waals surface area (Å²) in [5, 5.41) is 11.0. The monoisotopic (exact) mass is 256 g/mol. The van der Waals surface area contributed by atoms with E-state index in [1.807, 2.05) is 0 Å². The number of aromatic hydroxyl groups is 1. The summed E-state index contributed by atoms with van der Waals surface area (Å²) in [5.41, 5.74) is 0. The van der Waals surface area contributed by atoms with Crippen LogP contribution in [-0.2, 0) is 11.3 Å². The molecule has 2 fully saturated rings. The van der Waals surface area contributed by atoms with Gasteiger partial charge in [0.2, 0.25) is 5.88 Å². The third-order valence-corrected chi connectivity index (χ3v) is 4.36. The number of fused-ring (bicyclic) bond motifs is 1. The average Bonchev–Trinajstić information content (AvgIpc) is 2.90. The van der Waals surface area contributed by atoms with E-state index in [4.69, 9.17) is 4.74 Å². The Balaban J connectivity index is 1.68. The number of morpholine rings is 1. The molecule has 0 bridgehead atoms. The fourth-order valence-electron chi connectivity index (χ4n) is 2.69. The maximum absolute atomic E-state index is 11.5. The zero-order chi connectivity index (χ0) is 11.8. The Kier molecular flexibility index (Phi) is 2.94. The molecule has 0 aromatic carbocycles. The topological polar surface area (TPSA) is 54.7 Å². The van der Waals surface area contributed by atoms with Crippen molar-refractivity contribution in [2.45, 2.75) is 31.5 Å². The Labute approximate surface area is 103 Å². The van der Waals surface area contributed by atoms with Crippen LogP contribution >= 0.6 is 11.3 Å². The van der Waals surface area contributed by atoms with Crippen LogP contribution in [0.2, 0.25) is 0 Å². The van der Waals surface area contributed by atoms with Gasteiger partial charge in [-0.1, -0.05) is 11.3 Å². The van der Waals surface area contributed by atoms with Crippen molar-refractivity contribution in [1.29, 1.82) is 0 Å². The number of thiazole rings is 1. The van der Waals surface area contributed by atoms with Gasteiger partial charge in [0.25, 0.3) is 0 Å². The maximum atomic E-state index is 11.5. The van der Waals surface area contributed by atoms with Gasteiger partial charge < -0.3 is 9.84 Å². The summed E-state index contributed by atoms with van der Waals surface area (Å²) in [6.07, 6.45) is 2.48. The van der Waals surface area contributed by atoms with Gasteiger partial charge in [-0.15, -0.1) is 0 Å². The Bertz CT molecular complexity index is 456. The number of nitrogens with zero attached hydrogens (tertiary/aromatic N) is 2. The highest BCUT2D eigenvalue weighted by molar-refractivity contribution is 7.07. The van der Waals surface area contributed by atoms with Crippen LogP contribution in [-0.4, -0.2) is 46.4 Å². The Morgan fingerprint density at radius 1 is 1.59 bits per heavy atom. The van der Waals surface area contributed by atoms with E-state index in [-0.39, 0.29) is 16.9 Å². The molecule has 0 amide bonds. The molecule has 0 saturated carbocycles. The van der Waals surface area contributed by atoms with Gasteiger partial charge in [0.15, 0.2) is 0 Å². The molecule has 0 unspecified atom stereocenters. The van der Waals surface area contributed by atoms with Crippen LogP contribution in [0.1, 0.15) is 12.8 Å². The van der Waals surface area contributed by atoms with Gasteiger partial charge in [-0.25, -0.2) is 0 Å². The predicted octanol–water partition coefficient (Wildman–Crippen LogP) is 0.479. The van der Waals surface area contributed by atoms with Crippen molar-refractivity contribution in [3.05, 3.63) is 15.0 Å². The zero-order valence-corrected chi connectivity index (χ0v) is 10.4. The molecular weight excluding hydrogens is 240 g/mol. The van der Waals surface area contributed by atoms with Gasteiger partial charge in [0.05, 0.1) is 24.6 Å². The van der Waals surface area contributed by atoms with Gasteiger partial charge in [-0.2, -0.15) is 0 Å². The van der Waals surface area contributed by atoms with Crippen molar-refractivity contribution in [1.82, 2.24) is 9.47 Å². The van der Waals surface area contributed by atoms with E-state index in [1.54, 1.807) is 0 Å². The average molecular weight is 256 g/mol. The summed E-state index contributed by atoms with van der Waals surface area (Å²) in [6.45, 7) is 3.21. The van der Waals surface area contributed by atoms with Gasteiger partial charge in [0.1, 0.15) is 0 Å². The summed E-state index contributed by atoms with van der Waals surface area (Å²) in [7, 11) is 0. The number of hydrogen-bond acceptors (Lipinski definition) is 5. The lowest BCUT2D eigenvalue weighted by molar-refractivity contribution is -0.0559. The summed E-state index contributed by atoms with van der Waals surface area (Å²) in [4.78, 5) is 13.8. The quantitative estimate of drug-likeness (QED) is 0.836. The normalized spacial score (nSPS) is 29.4. The fraction of sp³-hybridized carbons (Fsp3) is 0.727. The number of aromatic nitrogens is 1. The minimum Gasteiger partial charge on any atom is -0.494 e. The highest BCUT2D eigenvalue weighted by Crippen LogP contribution is 2.23. The van der Waals surface area contributed by atoms with Crippen LogP contribution in [0, 0.1) is 0 Å². The molecule has 3 rings (SSSR count). The highest BCUT2D eigenvalue weighted by atomic mass is 32.1. The maximum Gasteiger partial charge on any atom is 0.310 e. The molecule has 1 aromatic rings. The van der Waals surface area contributed by atoms with E-state index in [0.717, 1.165) is 31.0 Å². The van der Waals surface area contributed by atoms with Gasteiger partial charge >= 0.3 is 4.87 Å². The van der Waals surface area contributed by atoms with Gasteiger partial charge in [0, 0.05) is 12.6 Å². The first-order valence-corrected chi connectivity index (χ1v) is 6.85. The third kappa shape index (κ3) is 2.12.